The fourth-order valence-electron chi connectivity index (χ4n) is 6.17. The number of allylic oxidation sites excluding steroid dienone is 2. The molecule has 218 valence electrons. The van der Waals surface area contributed by atoms with Crippen LogP contribution in [0.15, 0.2) is 29.8 Å². The van der Waals surface area contributed by atoms with Crippen molar-refractivity contribution in [2.45, 2.75) is 72.3 Å². The van der Waals surface area contributed by atoms with E-state index in [9.17, 15) is 14.7 Å². The molecule has 0 radical (unpaired) electrons. The molecule has 8 heteroatoms. The molecule has 0 bridgehead atoms. The van der Waals surface area contributed by atoms with Crippen molar-refractivity contribution in [2.24, 2.45) is 11.3 Å². The van der Waals surface area contributed by atoms with E-state index in [1.807, 2.05) is 37.2 Å². The van der Waals surface area contributed by atoms with Crippen molar-refractivity contribution in [3.63, 3.8) is 0 Å². The van der Waals surface area contributed by atoms with Crippen molar-refractivity contribution >= 4 is 11.9 Å². The second-order valence-electron chi connectivity index (χ2n) is 12.4. The molecule has 39 heavy (non-hydrogen) atoms. The number of nitrogens with zero attached hydrogens (tertiary/aromatic N) is 3. The molecule has 0 spiro atoms. The quantitative estimate of drug-likeness (QED) is 0.336. The van der Waals surface area contributed by atoms with Crippen LogP contribution in [0.3, 0.4) is 0 Å². The first-order chi connectivity index (χ1) is 18.4. The van der Waals surface area contributed by atoms with Crippen molar-refractivity contribution in [3.05, 3.63) is 35.4 Å². The highest BCUT2D eigenvalue weighted by Gasteiger charge is 2.48. The minimum Gasteiger partial charge on any atom is -0.481 e. The first-order valence-electron chi connectivity index (χ1n) is 14.4. The zero-order valence-corrected chi connectivity index (χ0v) is 25.0. The molecule has 1 amide bonds. The van der Waals surface area contributed by atoms with Crippen molar-refractivity contribution < 1.29 is 24.2 Å². The van der Waals surface area contributed by atoms with Crippen LogP contribution < -0.4 is 9.47 Å². The third kappa shape index (κ3) is 8.45. The Labute approximate surface area is 234 Å². The average molecular weight is 544 g/mol. The summed E-state index contributed by atoms with van der Waals surface area (Å²) in [4.78, 5) is 32.8. The number of hydrogen-bond acceptors (Lipinski definition) is 6. The zero-order chi connectivity index (χ0) is 28.7. The number of amides is 1. The van der Waals surface area contributed by atoms with Gasteiger partial charge in [0.05, 0.1) is 12.5 Å². The number of hydrogen-bond donors (Lipinski definition) is 1. The predicted molar refractivity (Wildman–Crippen MR) is 154 cm³/mol. The number of carboxylic acids is 1. The zero-order valence-electron chi connectivity index (χ0n) is 25.0. The summed E-state index contributed by atoms with van der Waals surface area (Å²) < 4.78 is 11.1. The summed E-state index contributed by atoms with van der Waals surface area (Å²) in [5.74, 6) is -0.293. The van der Waals surface area contributed by atoms with Crippen LogP contribution in [0.25, 0.3) is 0 Å². The van der Waals surface area contributed by atoms with Crippen LogP contribution in [0.4, 0.5) is 0 Å². The van der Waals surface area contributed by atoms with Crippen LogP contribution in [-0.2, 0) is 9.59 Å². The largest absolute Gasteiger partial charge is 0.481 e. The average Bonchev–Trinajstić information content (AvgIpc) is 3.44. The number of carbonyl (C=O) groups is 2. The smallest absolute Gasteiger partial charge is 0.308 e. The lowest BCUT2D eigenvalue weighted by Crippen LogP contribution is -2.46. The predicted octanol–water partition coefficient (Wildman–Crippen LogP) is 4.85. The van der Waals surface area contributed by atoms with Gasteiger partial charge in [-0.3, -0.25) is 14.5 Å². The fraction of sp³-hybridized carbons (Fsp3) is 0.677. The number of carbonyl (C=O) groups excluding carboxylic acids is 1. The van der Waals surface area contributed by atoms with Gasteiger partial charge in [-0.05, 0) is 76.9 Å². The van der Waals surface area contributed by atoms with Gasteiger partial charge in [0.2, 0.25) is 12.7 Å². The van der Waals surface area contributed by atoms with Crippen molar-refractivity contribution in [1.29, 1.82) is 0 Å². The summed E-state index contributed by atoms with van der Waals surface area (Å²) in [7, 11) is 4.09. The Morgan fingerprint density at radius 2 is 1.79 bits per heavy atom. The van der Waals surface area contributed by atoms with Gasteiger partial charge in [0.25, 0.3) is 0 Å². The highest BCUT2D eigenvalue weighted by molar-refractivity contribution is 5.79. The highest BCUT2D eigenvalue weighted by atomic mass is 16.7. The first-order valence-corrected chi connectivity index (χ1v) is 14.4. The van der Waals surface area contributed by atoms with Gasteiger partial charge >= 0.3 is 5.97 Å². The molecule has 3 rings (SSSR count). The molecular formula is C31H49N3O5. The summed E-state index contributed by atoms with van der Waals surface area (Å²) in [5.41, 5.74) is 1.91. The number of unbranched alkanes of at least 4 members (excludes halogenated alkanes) is 1. The number of fused-ring (bicyclic) bond motifs is 1. The monoisotopic (exact) mass is 543 g/mol. The number of benzene rings is 1. The van der Waals surface area contributed by atoms with E-state index in [0.29, 0.717) is 31.0 Å². The molecule has 0 saturated carbocycles. The third-order valence-corrected chi connectivity index (χ3v) is 7.78. The molecule has 3 unspecified atom stereocenters. The summed E-state index contributed by atoms with van der Waals surface area (Å²) in [6.07, 6.45) is 5.76. The Morgan fingerprint density at radius 3 is 2.44 bits per heavy atom. The summed E-state index contributed by atoms with van der Waals surface area (Å²) in [6, 6.07) is 5.46. The van der Waals surface area contributed by atoms with E-state index in [0.717, 1.165) is 37.9 Å². The van der Waals surface area contributed by atoms with Crippen LogP contribution in [0, 0.1) is 11.3 Å². The summed E-state index contributed by atoms with van der Waals surface area (Å²) >= 11 is 0. The van der Waals surface area contributed by atoms with Gasteiger partial charge in [-0.25, -0.2) is 0 Å². The second-order valence-corrected chi connectivity index (χ2v) is 12.4. The molecule has 1 saturated heterocycles. The van der Waals surface area contributed by atoms with Gasteiger partial charge in [0.15, 0.2) is 11.5 Å². The van der Waals surface area contributed by atoms with Crippen LogP contribution >= 0.6 is 0 Å². The van der Waals surface area contributed by atoms with Crippen LogP contribution in [0.1, 0.15) is 71.8 Å². The Bertz CT molecular complexity index is 1020. The molecule has 3 atom stereocenters. The van der Waals surface area contributed by atoms with E-state index < -0.39 is 11.9 Å². The number of rotatable bonds is 14. The molecule has 2 aliphatic rings. The van der Waals surface area contributed by atoms with Crippen LogP contribution in [-0.4, -0.2) is 91.3 Å². The van der Waals surface area contributed by atoms with Crippen molar-refractivity contribution in [1.82, 2.24) is 14.7 Å². The lowest BCUT2D eigenvalue weighted by Gasteiger charge is -2.34. The Hall–Kier alpha value is -2.58. The molecule has 2 heterocycles. The first kappa shape index (κ1) is 31.0. The minimum atomic E-state index is -0.820. The standard InChI is InChI=1S/C31H49N3O5/c1-8-9-14-33(15-10-13-32(6)7)28(35)20-34-19-24(23-11-12-26-27(16-23)39-21-38-26)29(30(36)37)25(34)18-31(4,5)17-22(2)3/h11-12,16-17,24-25,29H,8-10,13-15,18-21H2,1-7H3,(H,36,37). The van der Waals surface area contributed by atoms with E-state index in [1.54, 1.807) is 0 Å². The van der Waals surface area contributed by atoms with E-state index in [2.05, 4.69) is 50.5 Å². The van der Waals surface area contributed by atoms with Gasteiger partial charge in [0.1, 0.15) is 0 Å². The number of carboxylic acid groups (broad SMARTS) is 1. The molecule has 0 aromatic heterocycles. The maximum atomic E-state index is 13.7. The Kier molecular flexibility index (Phi) is 10.8. The molecule has 1 aromatic carbocycles. The number of likely N-dealkylation sites (tertiary alicyclic amines) is 1. The van der Waals surface area contributed by atoms with Gasteiger partial charge in [0, 0.05) is 31.6 Å². The summed E-state index contributed by atoms with van der Waals surface area (Å²) in [6.45, 7) is 13.9. The van der Waals surface area contributed by atoms with Gasteiger partial charge < -0.3 is 24.4 Å². The van der Waals surface area contributed by atoms with Crippen LogP contribution in [0.2, 0.25) is 0 Å². The molecule has 1 aromatic rings. The Morgan fingerprint density at radius 1 is 1.10 bits per heavy atom. The maximum Gasteiger partial charge on any atom is 0.308 e. The SMILES string of the molecule is CCCCN(CCCN(C)C)C(=O)CN1CC(c2ccc3c(c2)OCO3)C(C(=O)O)C1CC(C)(C)C=C(C)C. The molecular weight excluding hydrogens is 494 g/mol. The highest BCUT2D eigenvalue weighted by Crippen LogP contribution is 2.45. The lowest BCUT2D eigenvalue weighted by atomic mass is 9.77. The van der Waals surface area contributed by atoms with E-state index >= 15 is 0 Å². The normalized spacial score (nSPS) is 20.9. The van der Waals surface area contributed by atoms with Crippen molar-refractivity contribution in [3.8, 4) is 11.5 Å². The molecule has 2 aliphatic heterocycles. The van der Waals surface area contributed by atoms with Crippen molar-refractivity contribution in [2.75, 3.05) is 53.6 Å². The minimum absolute atomic E-state index is 0.0858. The Balaban J connectivity index is 1.91. The topological polar surface area (TPSA) is 82.5 Å². The van der Waals surface area contributed by atoms with E-state index in [4.69, 9.17) is 9.47 Å². The van der Waals surface area contributed by atoms with E-state index in [1.165, 1.54) is 5.57 Å². The van der Waals surface area contributed by atoms with Crippen LogP contribution in [0.5, 0.6) is 11.5 Å². The number of aliphatic carboxylic acids is 1. The maximum absolute atomic E-state index is 13.7. The molecule has 8 nitrogen and oxygen atoms in total. The second kappa shape index (κ2) is 13.7. The van der Waals surface area contributed by atoms with Gasteiger partial charge in [-0.1, -0.05) is 44.9 Å². The number of ether oxygens (including phenoxy) is 2. The molecule has 0 aliphatic carbocycles. The van der Waals surface area contributed by atoms with Gasteiger partial charge in [-0.2, -0.15) is 0 Å². The molecule has 1 fully saturated rings. The summed E-state index contributed by atoms with van der Waals surface area (Å²) in [5, 5.41) is 10.5. The van der Waals surface area contributed by atoms with Gasteiger partial charge in [-0.15, -0.1) is 0 Å². The third-order valence-electron chi connectivity index (χ3n) is 7.78. The lowest BCUT2D eigenvalue weighted by molar-refractivity contribution is -0.144. The fourth-order valence-corrected chi connectivity index (χ4v) is 6.17. The van der Waals surface area contributed by atoms with E-state index in [-0.39, 0.29) is 36.6 Å². The molecule has 1 N–H and O–H groups in total.